The van der Waals surface area contributed by atoms with Crippen LogP contribution in [-0.4, -0.2) is 35.6 Å². The summed E-state index contributed by atoms with van der Waals surface area (Å²) in [5.74, 6) is 0.858. The zero-order valence-electron chi connectivity index (χ0n) is 9.49. The van der Waals surface area contributed by atoms with E-state index in [1.54, 1.807) is 0 Å². The molecular formula is C11H17IN4. The molecule has 0 saturated carbocycles. The second kappa shape index (κ2) is 5.77. The van der Waals surface area contributed by atoms with Gasteiger partial charge in [0, 0.05) is 35.1 Å². The van der Waals surface area contributed by atoms with Gasteiger partial charge in [-0.2, -0.15) is 0 Å². The molecule has 5 heteroatoms. The predicted octanol–water partition coefficient (Wildman–Crippen LogP) is 1.66. The minimum absolute atomic E-state index is 0.541. The molecule has 0 spiro atoms. The smallest absolute Gasteiger partial charge is 0.225 e. The number of nitrogens with zero attached hydrogens (tertiary/aromatic N) is 3. The molecule has 1 saturated heterocycles. The van der Waals surface area contributed by atoms with Gasteiger partial charge in [-0.3, -0.25) is 0 Å². The van der Waals surface area contributed by atoms with Crippen LogP contribution in [0.2, 0.25) is 0 Å². The van der Waals surface area contributed by atoms with Crippen molar-refractivity contribution in [2.75, 3.05) is 24.5 Å². The van der Waals surface area contributed by atoms with E-state index in [0.29, 0.717) is 6.04 Å². The Labute approximate surface area is 110 Å². The van der Waals surface area contributed by atoms with Crippen molar-refractivity contribution in [1.82, 2.24) is 15.3 Å². The Bertz CT molecular complexity index is 321. The van der Waals surface area contributed by atoms with E-state index in [4.69, 9.17) is 0 Å². The molecule has 1 aromatic rings. The van der Waals surface area contributed by atoms with Gasteiger partial charge in [0.1, 0.15) is 0 Å². The lowest BCUT2D eigenvalue weighted by Gasteiger charge is -2.33. The predicted molar refractivity (Wildman–Crippen MR) is 73.7 cm³/mol. The maximum absolute atomic E-state index is 4.40. The molecule has 1 aliphatic heterocycles. The van der Waals surface area contributed by atoms with Crippen LogP contribution in [-0.2, 0) is 0 Å². The van der Waals surface area contributed by atoms with Gasteiger partial charge in [0.15, 0.2) is 0 Å². The molecule has 0 bridgehead atoms. The van der Waals surface area contributed by atoms with Gasteiger partial charge in [-0.25, -0.2) is 9.97 Å². The maximum Gasteiger partial charge on any atom is 0.225 e. The van der Waals surface area contributed by atoms with Crippen molar-refractivity contribution in [3.05, 3.63) is 16.0 Å². The van der Waals surface area contributed by atoms with E-state index >= 15 is 0 Å². The Balaban J connectivity index is 2.11. The zero-order chi connectivity index (χ0) is 11.4. The van der Waals surface area contributed by atoms with Gasteiger partial charge >= 0.3 is 0 Å². The standard InChI is InChI=1S/C11H17IN4/c1-2-16(10-4-3-5-13-8-10)11-14-6-9(12)7-15-11/h6-7,10,13H,2-5,8H2,1H3. The monoisotopic (exact) mass is 332 g/mol. The first-order valence-corrected chi connectivity index (χ1v) is 6.84. The van der Waals surface area contributed by atoms with Gasteiger partial charge in [0.05, 0.1) is 0 Å². The highest BCUT2D eigenvalue weighted by molar-refractivity contribution is 14.1. The Hall–Kier alpha value is -0.430. The van der Waals surface area contributed by atoms with E-state index in [0.717, 1.165) is 29.2 Å². The Morgan fingerprint density at radius 1 is 1.50 bits per heavy atom. The largest absolute Gasteiger partial charge is 0.337 e. The molecule has 0 amide bonds. The first-order chi connectivity index (χ1) is 7.81. The molecule has 0 radical (unpaired) electrons. The Morgan fingerprint density at radius 3 is 2.81 bits per heavy atom. The number of aromatic nitrogens is 2. The summed E-state index contributed by atoms with van der Waals surface area (Å²) < 4.78 is 1.08. The van der Waals surface area contributed by atoms with Crippen LogP contribution in [0.1, 0.15) is 19.8 Å². The number of piperidine rings is 1. The minimum Gasteiger partial charge on any atom is -0.337 e. The van der Waals surface area contributed by atoms with Crippen molar-refractivity contribution in [1.29, 1.82) is 0 Å². The fraction of sp³-hybridized carbons (Fsp3) is 0.636. The quantitative estimate of drug-likeness (QED) is 0.855. The molecule has 1 fully saturated rings. The number of anilines is 1. The molecule has 0 aliphatic carbocycles. The average molecular weight is 332 g/mol. The third-order valence-corrected chi connectivity index (χ3v) is 3.47. The third-order valence-electron chi connectivity index (χ3n) is 2.92. The second-order valence-electron chi connectivity index (χ2n) is 3.99. The number of halogens is 1. The summed E-state index contributed by atoms with van der Waals surface area (Å²) in [6.07, 6.45) is 6.23. The number of hydrogen-bond donors (Lipinski definition) is 1. The molecule has 88 valence electrons. The fourth-order valence-corrected chi connectivity index (χ4v) is 2.39. The normalized spacial score (nSPS) is 20.8. The van der Waals surface area contributed by atoms with Gasteiger partial charge in [-0.15, -0.1) is 0 Å². The molecule has 1 aromatic heterocycles. The van der Waals surface area contributed by atoms with E-state index in [1.807, 2.05) is 12.4 Å². The lowest BCUT2D eigenvalue weighted by Crippen LogP contribution is -2.46. The van der Waals surface area contributed by atoms with Crippen LogP contribution < -0.4 is 10.2 Å². The van der Waals surface area contributed by atoms with Crippen LogP contribution in [0.4, 0.5) is 5.95 Å². The molecular weight excluding hydrogens is 315 g/mol. The zero-order valence-corrected chi connectivity index (χ0v) is 11.6. The summed E-state index contributed by atoms with van der Waals surface area (Å²) in [5.41, 5.74) is 0. The van der Waals surface area contributed by atoms with Crippen LogP contribution in [0.15, 0.2) is 12.4 Å². The topological polar surface area (TPSA) is 41.1 Å². The molecule has 16 heavy (non-hydrogen) atoms. The third kappa shape index (κ3) is 2.82. The number of likely N-dealkylation sites (N-methyl/N-ethyl adjacent to an activating group) is 1. The van der Waals surface area contributed by atoms with E-state index in [9.17, 15) is 0 Å². The summed E-state index contributed by atoms with van der Waals surface area (Å²) in [5, 5.41) is 3.43. The SMILES string of the molecule is CCN(c1ncc(I)cn1)C1CCCNC1. The Kier molecular flexibility index (Phi) is 4.34. The summed E-state index contributed by atoms with van der Waals surface area (Å²) in [6, 6.07) is 0.541. The highest BCUT2D eigenvalue weighted by Crippen LogP contribution is 2.16. The summed E-state index contributed by atoms with van der Waals surface area (Å²) in [7, 11) is 0. The molecule has 4 nitrogen and oxygen atoms in total. The first kappa shape index (κ1) is 12.0. The van der Waals surface area contributed by atoms with Gasteiger partial charge in [0.25, 0.3) is 0 Å². The van der Waals surface area contributed by atoms with Crippen molar-refractivity contribution in [2.45, 2.75) is 25.8 Å². The lowest BCUT2D eigenvalue weighted by molar-refractivity contribution is 0.431. The van der Waals surface area contributed by atoms with Gasteiger partial charge in [-0.05, 0) is 48.9 Å². The molecule has 0 aromatic carbocycles. The van der Waals surface area contributed by atoms with E-state index < -0.39 is 0 Å². The lowest BCUT2D eigenvalue weighted by atomic mass is 10.1. The van der Waals surface area contributed by atoms with Crippen LogP contribution in [0.25, 0.3) is 0 Å². The summed E-state index contributed by atoms with van der Waals surface area (Å²) in [4.78, 5) is 11.1. The molecule has 2 rings (SSSR count). The van der Waals surface area contributed by atoms with E-state index in [1.165, 1.54) is 12.8 Å². The first-order valence-electron chi connectivity index (χ1n) is 5.76. The van der Waals surface area contributed by atoms with E-state index in [-0.39, 0.29) is 0 Å². The summed E-state index contributed by atoms with van der Waals surface area (Å²) >= 11 is 2.23. The molecule has 1 N–H and O–H groups in total. The summed E-state index contributed by atoms with van der Waals surface area (Å²) in [6.45, 7) is 5.31. The highest BCUT2D eigenvalue weighted by atomic mass is 127. The fourth-order valence-electron chi connectivity index (χ4n) is 2.12. The Morgan fingerprint density at radius 2 is 2.25 bits per heavy atom. The van der Waals surface area contributed by atoms with Crippen molar-refractivity contribution in [2.24, 2.45) is 0 Å². The van der Waals surface area contributed by atoms with Gasteiger partial charge < -0.3 is 10.2 Å². The van der Waals surface area contributed by atoms with Gasteiger partial charge in [-0.1, -0.05) is 0 Å². The van der Waals surface area contributed by atoms with Gasteiger partial charge in [0.2, 0.25) is 5.95 Å². The average Bonchev–Trinajstić information content (AvgIpc) is 2.34. The number of hydrogen-bond acceptors (Lipinski definition) is 4. The highest BCUT2D eigenvalue weighted by Gasteiger charge is 2.21. The van der Waals surface area contributed by atoms with Crippen LogP contribution in [0.3, 0.4) is 0 Å². The molecule has 2 heterocycles. The molecule has 1 unspecified atom stereocenters. The molecule has 1 atom stereocenters. The maximum atomic E-state index is 4.40. The second-order valence-corrected chi connectivity index (χ2v) is 5.23. The number of nitrogens with one attached hydrogen (secondary N) is 1. The number of rotatable bonds is 3. The van der Waals surface area contributed by atoms with Crippen molar-refractivity contribution in [3.8, 4) is 0 Å². The van der Waals surface area contributed by atoms with Crippen molar-refractivity contribution >= 4 is 28.5 Å². The minimum atomic E-state index is 0.541. The van der Waals surface area contributed by atoms with Crippen molar-refractivity contribution in [3.63, 3.8) is 0 Å². The van der Waals surface area contributed by atoms with E-state index in [2.05, 4.69) is 49.7 Å². The van der Waals surface area contributed by atoms with Crippen molar-refractivity contribution < 1.29 is 0 Å². The van der Waals surface area contributed by atoms with Crippen LogP contribution in [0, 0.1) is 3.57 Å². The molecule has 1 aliphatic rings. The van der Waals surface area contributed by atoms with Crippen LogP contribution >= 0.6 is 22.6 Å². The van der Waals surface area contributed by atoms with Crippen LogP contribution in [0.5, 0.6) is 0 Å².